The highest BCUT2D eigenvalue weighted by molar-refractivity contribution is 6.19. The van der Waals surface area contributed by atoms with E-state index in [-0.39, 0.29) is 0 Å². The first-order valence-corrected chi connectivity index (χ1v) is 10.8. The predicted octanol–water partition coefficient (Wildman–Crippen LogP) is 3.11. The molecule has 0 radical (unpaired) electrons. The Morgan fingerprint density at radius 2 is 2.03 bits per heavy atom. The van der Waals surface area contributed by atoms with Gasteiger partial charge in [0.15, 0.2) is 0 Å². The van der Waals surface area contributed by atoms with Gasteiger partial charge in [-0.2, -0.15) is 10.1 Å². The van der Waals surface area contributed by atoms with Gasteiger partial charge < -0.3 is 4.74 Å². The third-order valence-electron chi connectivity index (χ3n) is 6.14. The Bertz CT molecular complexity index is 1140. The molecule has 1 saturated carbocycles. The van der Waals surface area contributed by atoms with Gasteiger partial charge in [0.2, 0.25) is 5.88 Å². The molecular formula is C23H27N6O+. The molecule has 0 unspecified atom stereocenters. The van der Waals surface area contributed by atoms with Crippen LogP contribution in [0.5, 0.6) is 5.88 Å². The van der Waals surface area contributed by atoms with E-state index in [0.717, 1.165) is 28.1 Å². The molecule has 3 heterocycles. The van der Waals surface area contributed by atoms with Crippen LogP contribution in [0, 0.1) is 11.3 Å². The number of allylic oxidation sites excluding steroid dienone is 1. The fraction of sp³-hybridized carbons (Fsp3) is 0.391. The van der Waals surface area contributed by atoms with E-state index in [9.17, 15) is 0 Å². The van der Waals surface area contributed by atoms with Gasteiger partial charge in [-0.15, -0.1) is 4.98 Å². The number of ether oxygens (including phenoxy) is 1. The minimum absolute atomic E-state index is 0.406. The van der Waals surface area contributed by atoms with Crippen LogP contribution < -0.4 is 10.1 Å². The zero-order valence-electron chi connectivity index (χ0n) is 17.4. The van der Waals surface area contributed by atoms with Crippen molar-refractivity contribution in [3.05, 3.63) is 53.5 Å². The summed E-state index contributed by atoms with van der Waals surface area (Å²) >= 11 is 0. The number of aromatic nitrogens is 4. The van der Waals surface area contributed by atoms with Crippen molar-refractivity contribution >= 4 is 22.7 Å². The van der Waals surface area contributed by atoms with Crippen molar-refractivity contribution in [3.63, 3.8) is 0 Å². The van der Waals surface area contributed by atoms with E-state index in [0.29, 0.717) is 35.9 Å². The van der Waals surface area contributed by atoms with Crippen LogP contribution in [-0.4, -0.2) is 37.9 Å². The highest BCUT2D eigenvalue weighted by Crippen LogP contribution is 2.38. The summed E-state index contributed by atoms with van der Waals surface area (Å²) < 4.78 is 7.77. The molecule has 0 amide bonds. The molecule has 1 fully saturated rings. The Morgan fingerprint density at radius 3 is 2.83 bits per heavy atom. The van der Waals surface area contributed by atoms with Crippen LogP contribution in [0.2, 0.25) is 0 Å². The summed E-state index contributed by atoms with van der Waals surface area (Å²) in [5.41, 5.74) is 4.83. The Kier molecular flexibility index (Phi) is 4.83. The lowest BCUT2D eigenvalue weighted by Gasteiger charge is -2.23. The molecule has 5 rings (SSSR count). The van der Waals surface area contributed by atoms with Crippen LogP contribution >= 0.6 is 0 Å². The summed E-state index contributed by atoms with van der Waals surface area (Å²) in [6, 6.07) is 6.54. The highest BCUT2D eigenvalue weighted by Gasteiger charge is 2.30. The fourth-order valence-electron chi connectivity index (χ4n) is 4.48. The van der Waals surface area contributed by atoms with Crippen molar-refractivity contribution in [2.24, 2.45) is 5.92 Å². The molecule has 0 spiro atoms. The van der Waals surface area contributed by atoms with Crippen molar-refractivity contribution in [1.82, 2.24) is 19.6 Å². The Morgan fingerprint density at radius 1 is 1.20 bits per heavy atom. The number of hydrogen-bond acceptors (Lipinski definition) is 5. The maximum absolute atomic E-state index is 8.56. The monoisotopic (exact) mass is 403 g/mol. The number of rotatable bonds is 5. The summed E-state index contributed by atoms with van der Waals surface area (Å²) in [5.74, 6) is 2.06. The third kappa shape index (κ3) is 3.39. The van der Waals surface area contributed by atoms with Gasteiger partial charge in [0.25, 0.3) is 0 Å². The van der Waals surface area contributed by atoms with E-state index in [4.69, 9.17) is 20.1 Å². The van der Waals surface area contributed by atoms with Crippen LogP contribution in [-0.2, 0) is 0 Å². The molecule has 0 saturated heterocycles. The topological polar surface area (TPSA) is 92.8 Å². The minimum atomic E-state index is 0.406. The lowest BCUT2D eigenvalue weighted by atomic mass is 9.87. The minimum Gasteiger partial charge on any atom is -0.477 e. The molecular weight excluding hydrogens is 376 g/mol. The average molecular weight is 404 g/mol. The smallest absolute Gasteiger partial charge is 0.329 e. The second-order valence-electron chi connectivity index (χ2n) is 8.32. The molecule has 3 aromatic rings. The molecule has 3 N–H and O–H groups in total. The fourth-order valence-corrected chi connectivity index (χ4v) is 4.48. The van der Waals surface area contributed by atoms with Crippen LogP contribution in [0.4, 0.5) is 5.95 Å². The number of pyridine rings is 1. The number of nitrogens with two attached hydrogens (primary N) is 1. The molecule has 2 aliphatic rings. The van der Waals surface area contributed by atoms with Crippen molar-refractivity contribution < 1.29 is 10.1 Å². The van der Waals surface area contributed by atoms with Gasteiger partial charge in [-0.1, -0.05) is 6.92 Å². The zero-order valence-corrected chi connectivity index (χ0v) is 17.4. The molecule has 0 aromatic carbocycles. The standard InChI is InChI=1S/C23H26N6O/c1-3-30-22-20-18(15-9-11-29-17(12-15)8-10-25-29)13-19(24)21(20)27-23(28-22)26-16-6-4-14(2)5-7-16/h8-14,16,24H,3-7H2,1-2H3,(H,26,27,28)/p+1. The molecule has 154 valence electrons. The number of quaternary nitrogens is 1. The maximum atomic E-state index is 8.56. The van der Waals surface area contributed by atoms with Crippen LogP contribution in [0.1, 0.15) is 56.4 Å². The lowest BCUT2D eigenvalue weighted by Crippen LogP contribution is -2.85. The summed E-state index contributed by atoms with van der Waals surface area (Å²) in [5, 5.41) is 15.0. The first-order valence-electron chi connectivity index (χ1n) is 10.8. The quantitative estimate of drug-likeness (QED) is 0.685. The first-order chi connectivity index (χ1) is 14.6. The van der Waals surface area contributed by atoms with Crippen molar-refractivity contribution in [2.45, 2.75) is 45.6 Å². The average Bonchev–Trinajstić information content (AvgIpc) is 3.34. The first kappa shape index (κ1) is 18.9. The Balaban J connectivity index is 1.52. The summed E-state index contributed by atoms with van der Waals surface area (Å²) in [4.78, 5) is 9.54. The van der Waals surface area contributed by atoms with Crippen molar-refractivity contribution in [1.29, 1.82) is 5.41 Å². The largest absolute Gasteiger partial charge is 0.477 e. The van der Waals surface area contributed by atoms with Gasteiger partial charge in [0.1, 0.15) is 5.69 Å². The number of nitrogens with one attached hydrogen (secondary N) is 1. The Hall–Kier alpha value is -3.06. The van der Waals surface area contributed by atoms with E-state index in [2.05, 4.69) is 23.4 Å². The zero-order chi connectivity index (χ0) is 20.7. The van der Waals surface area contributed by atoms with Crippen LogP contribution in [0.15, 0.2) is 36.7 Å². The second kappa shape index (κ2) is 7.65. The molecule has 7 nitrogen and oxygen atoms in total. The Labute approximate surface area is 175 Å². The number of fused-ring (bicyclic) bond motifs is 2. The highest BCUT2D eigenvalue weighted by atomic mass is 16.5. The van der Waals surface area contributed by atoms with Gasteiger partial charge in [0, 0.05) is 25.2 Å². The van der Waals surface area contributed by atoms with E-state index < -0.39 is 0 Å². The van der Waals surface area contributed by atoms with Crippen molar-refractivity contribution in [2.75, 3.05) is 6.61 Å². The number of hydrogen-bond donors (Lipinski definition) is 2. The molecule has 0 aliphatic heterocycles. The predicted molar refractivity (Wildman–Crippen MR) is 115 cm³/mol. The van der Waals surface area contributed by atoms with Crippen LogP contribution in [0.25, 0.3) is 11.1 Å². The summed E-state index contributed by atoms with van der Waals surface area (Å²) in [7, 11) is 0. The second-order valence-corrected chi connectivity index (χ2v) is 8.32. The van der Waals surface area contributed by atoms with Gasteiger partial charge in [-0.3, -0.25) is 10.7 Å². The summed E-state index contributed by atoms with van der Waals surface area (Å²) in [6.45, 7) is 4.81. The van der Waals surface area contributed by atoms with Gasteiger partial charge in [0.05, 0.1) is 29.4 Å². The molecule has 2 aliphatic carbocycles. The van der Waals surface area contributed by atoms with Gasteiger partial charge >= 0.3 is 5.95 Å². The molecule has 0 bridgehead atoms. The third-order valence-corrected chi connectivity index (χ3v) is 6.14. The van der Waals surface area contributed by atoms with E-state index in [1.807, 2.05) is 35.8 Å². The lowest BCUT2D eigenvalue weighted by molar-refractivity contribution is -0.621. The maximum Gasteiger partial charge on any atom is 0.329 e. The molecule has 7 heteroatoms. The van der Waals surface area contributed by atoms with E-state index in [1.54, 1.807) is 6.20 Å². The van der Waals surface area contributed by atoms with Gasteiger partial charge in [-0.05, 0) is 61.1 Å². The van der Waals surface area contributed by atoms with Crippen LogP contribution in [0.3, 0.4) is 0 Å². The SMILES string of the molecule is CCOc1nc([NH2+]C2CCC(C)CC2)nc2c1C(c1ccn3nccc3c1)=CC2=N. The van der Waals surface area contributed by atoms with E-state index >= 15 is 0 Å². The van der Waals surface area contributed by atoms with Crippen molar-refractivity contribution in [3.8, 4) is 5.88 Å². The molecule has 0 atom stereocenters. The summed E-state index contributed by atoms with van der Waals surface area (Å²) in [6.07, 6.45) is 10.4. The number of nitrogens with zero attached hydrogens (tertiary/aromatic N) is 4. The molecule has 3 aromatic heterocycles. The van der Waals surface area contributed by atoms with E-state index in [1.165, 1.54) is 25.7 Å². The van der Waals surface area contributed by atoms with Gasteiger partial charge in [-0.25, -0.2) is 4.52 Å². The molecule has 30 heavy (non-hydrogen) atoms. The normalized spacial score (nSPS) is 21.0.